The zero-order chi connectivity index (χ0) is 15.5. The maximum Gasteiger partial charge on any atom is 0.337 e. The van der Waals surface area contributed by atoms with E-state index in [-0.39, 0.29) is 12.5 Å². The fourth-order valence-electron chi connectivity index (χ4n) is 2.41. The van der Waals surface area contributed by atoms with Crippen molar-refractivity contribution in [3.05, 3.63) is 59.7 Å². The minimum atomic E-state index is -0.412. The lowest BCUT2D eigenvalue weighted by Gasteiger charge is -2.20. The Kier molecular flexibility index (Phi) is 3.78. The first kappa shape index (κ1) is 14.1. The fraction of sp³-hybridized carbons (Fsp3) is 0.176. The molecule has 0 atom stereocenters. The van der Waals surface area contributed by atoms with Gasteiger partial charge in [0.05, 0.1) is 19.2 Å². The molecule has 1 aliphatic rings. The van der Waals surface area contributed by atoms with Gasteiger partial charge in [-0.25, -0.2) is 4.79 Å². The maximum atomic E-state index is 12.3. The number of carbonyl (C=O) groups is 2. The smallest absolute Gasteiger partial charge is 0.337 e. The van der Waals surface area contributed by atoms with Crippen molar-refractivity contribution < 1.29 is 19.1 Å². The summed E-state index contributed by atoms with van der Waals surface area (Å²) in [4.78, 5) is 25.6. The first-order valence-corrected chi connectivity index (χ1v) is 6.88. The predicted octanol–water partition coefficient (Wildman–Crippen LogP) is 2.40. The monoisotopic (exact) mass is 297 g/mol. The lowest BCUT2D eigenvalue weighted by Crippen LogP contribution is -2.32. The first-order chi connectivity index (χ1) is 10.7. The van der Waals surface area contributed by atoms with Crippen LogP contribution in [0.15, 0.2) is 48.5 Å². The largest absolute Gasteiger partial charge is 0.483 e. The molecular weight excluding hydrogens is 282 g/mol. The van der Waals surface area contributed by atoms with E-state index in [1.165, 1.54) is 7.11 Å². The Hall–Kier alpha value is -2.82. The summed E-state index contributed by atoms with van der Waals surface area (Å²) in [6.07, 6.45) is 0. The van der Waals surface area contributed by atoms with E-state index in [4.69, 9.17) is 9.47 Å². The summed E-state index contributed by atoms with van der Waals surface area (Å²) in [5, 5.41) is 0. The summed E-state index contributed by atoms with van der Waals surface area (Å²) < 4.78 is 10.3. The van der Waals surface area contributed by atoms with Crippen LogP contribution in [0.2, 0.25) is 0 Å². The molecule has 112 valence electrons. The molecule has 0 saturated carbocycles. The molecule has 1 aliphatic heterocycles. The minimum absolute atomic E-state index is 0.0283. The van der Waals surface area contributed by atoms with Crippen LogP contribution in [-0.4, -0.2) is 25.6 Å². The summed E-state index contributed by atoms with van der Waals surface area (Å²) in [5.41, 5.74) is 2.01. The van der Waals surface area contributed by atoms with Gasteiger partial charge in [0.25, 0.3) is 5.91 Å². The molecule has 0 radical (unpaired) electrons. The van der Waals surface area contributed by atoms with Crippen LogP contribution in [0.4, 0.5) is 5.69 Å². The summed E-state index contributed by atoms with van der Waals surface area (Å²) in [6, 6.07) is 14.4. The Labute approximate surface area is 128 Å². The summed E-state index contributed by atoms with van der Waals surface area (Å²) >= 11 is 0. The number of benzene rings is 2. The van der Waals surface area contributed by atoms with Crippen LogP contribution in [0, 0.1) is 0 Å². The van der Waals surface area contributed by atoms with Crippen molar-refractivity contribution in [1.82, 2.24) is 0 Å². The predicted molar refractivity (Wildman–Crippen MR) is 80.9 cm³/mol. The molecule has 0 N–H and O–H groups in total. The minimum Gasteiger partial charge on any atom is -0.483 e. The second kappa shape index (κ2) is 5.89. The van der Waals surface area contributed by atoms with Gasteiger partial charge in [0.2, 0.25) is 0 Å². The highest BCUT2D eigenvalue weighted by atomic mass is 16.5. The number of hydrogen-bond acceptors (Lipinski definition) is 4. The molecule has 2 aromatic rings. The van der Waals surface area contributed by atoms with E-state index < -0.39 is 5.97 Å². The van der Waals surface area contributed by atoms with Gasteiger partial charge in [-0.3, -0.25) is 4.79 Å². The van der Waals surface area contributed by atoms with E-state index in [0.29, 0.717) is 17.9 Å². The summed E-state index contributed by atoms with van der Waals surface area (Å²) in [5.74, 6) is 0.0751. The maximum absolute atomic E-state index is 12.3. The van der Waals surface area contributed by atoms with Crippen LogP contribution in [0.5, 0.6) is 5.75 Å². The SMILES string of the molecule is COC(=O)c1ccc2c(c1)CN(c1ccccc1)C(=O)CO2. The third-order valence-corrected chi connectivity index (χ3v) is 3.53. The van der Waals surface area contributed by atoms with Gasteiger partial charge >= 0.3 is 5.97 Å². The van der Waals surface area contributed by atoms with Crippen LogP contribution >= 0.6 is 0 Å². The number of carbonyl (C=O) groups excluding carboxylic acids is 2. The normalized spacial score (nSPS) is 13.9. The Morgan fingerprint density at radius 3 is 2.68 bits per heavy atom. The molecule has 0 unspecified atom stereocenters. The molecule has 1 heterocycles. The topological polar surface area (TPSA) is 55.8 Å². The highest BCUT2D eigenvalue weighted by Gasteiger charge is 2.23. The molecule has 0 aliphatic carbocycles. The molecule has 0 aromatic heterocycles. The highest BCUT2D eigenvalue weighted by molar-refractivity contribution is 5.95. The zero-order valence-corrected chi connectivity index (χ0v) is 12.1. The molecule has 5 nitrogen and oxygen atoms in total. The number of nitrogens with zero attached hydrogens (tertiary/aromatic N) is 1. The van der Waals surface area contributed by atoms with Crippen molar-refractivity contribution in [3.8, 4) is 5.75 Å². The summed E-state index contributed by atoms with van der Waals surface area (Å²) in [7, 11) is 1.34. The second-order valence-corrected chi connectivity index (χ2v) is 4.92. The number of esters is 1. The zero-order valence-electron chi connectivity index (χ0n) is 12.1. The Balaban J connectivity index is 1.98. The van der Waals surface area contributed by atoms with Crippen molar-refractivity contribution in [1.29, 1.82) is 0 Å². The molecule has 0 saturated heterocycles. The van der Waals surface area contributed by atoms with Crippen molar-refractivity contribution >= 4 is 17.6 Å². The lowest BCUT2D eigenvalue weighted by atomic mass is 10.1. The van der Waals surface area contributed by atoms with Crippen molar-refractivity contribution in [2.45, 2.75) is 6.54 Å². The van der Waals surface area contributed by atoms with Crippen molar-refractivity contribution in [2.75, 3.05) is 18.6 Å². The van der Waals surface area contributed by atoms with E-state index in [2.05, 4.69) is 0 Å². The second-order valence-electron chi connectivity index (χ2n) is 4.92. The number of hydrogen-bond donors (Lipinski definition) is 0. The molecule has 3 rings (SSSR count). The lowest BCUT2D eigenvalue weighted by molar-refractivity contribution is -0.120. The number of fused-ring (bicyclic) bond motifs is 1. The number of amides is 1. The standard InChI is InChI=1S/C17H15NO4/c1-21-17(20)12-7-8-15-13(9-12)10-18(16(19)11-22-15)14-5-3-2-4-6-14/h2-9H,10-11H2,1H3. The summed E-state index contributed by atoms with van der Waals surface area (Å²) in [6.45, 7) is 0.322. The van der Waals surface area contributed by atoms with Gasteiger partial charge in [0.15, 0.2) is 6.61 Å². The number of para-hydroxylation sites is 1. The van der Waals surface area contributed by atoms with Gasteiger partial charge < -0.3 is 14.4 Å². The van der Waals surface area contributed by atoms with E-state index in [9.17, 15) is 9.59 Å². The first-order valence-electron chi connectivity index (χ1n) is 6.88. The van der Waals surface area contributed by atoms with Gasteiger partial charge in [-0.2, -0.15) is 0 Å². The molecule has 0 bridgehead atoms. The molecule has 5 heteroatoms. The molecular formula is C17H15NO4. The van der Waals surface area contributed by atoms with Gasteiger partial charge in [-0.05, 0) is 30.3 Å². The van der Waals surface area contributed by atoms with Crippen molar-refractivity contribution in [2.24, 2.45) is 0 Å². The van der Waals surface area contributed by atoms with Crippen LogP contribution in [0.25, 0.3) is 0 Å². The number of methoxy groups -OCH3 is 1. The van der Waals surface area contributed by atoms with Crippen LogP contribution in [-0.2, 0) is 16.1 Å². The third kappa shape index (κ3) is 2.65. The van der Waals surface area contributed by atoms with Gasteiger partial charge in [0.1, 0.15) is 5.75 Å². The van der Waals surface area contributed by atoms with Crippen LogP contribution in [0.1, 0.15) is 15.9 Å². The Bertz CT molecular complexity index is 712. The van der Waals surface area contributed by atoms with Gasteiger partial charge in [0, 0.05) is 11.3 Å². The van der Waals surface area contributed by atoms with E-state index >= 15 is 0 Å². The van der Waals surface area contributed by atoms with Crippen molar-refractivity contribution in [3.63, 3.8) is 0 Å². The van der Waals surface area contributed by atoms with E-state index in [1.54, 1.807) is 23.1 Å². The van der Waals surface area contributed by atoms with E-state index in [1.807, 2.05) is 30.3 Å². The van der Waals surface area contributed by atoms with E-state index in [0.717, 1.165) is 11.3 Å². The quantitative estimate of drug-likeness (QED) is 0.799. The highest BCUT2D eigenvalue weighted by Crippen LogP contribution is 2.27. The third-order valence-electron chi connectivity index (χ3n) is 3.53. The number of ether oxygens (including phenoxy) is 2. The fourth-order valence-corrected chi connectivity index (χ4v) is 2.41. The van der Waals surface area contributed by atoms with Gasteiger partial charge in [-0.15, -0.1) is 0 Å². The average molecular weight is 297 g/mol. The molecule has 1 amide bonds. The van der Waals surface area contributed by atoms with Crippen LogP contribution in [0.3, 0.4) is 0 Å². The molecule has 2 aromatic carbocycles. The van der Waals surface area contributed by atoms with Gasteiger partial charge in [-0.1, -0.05) is 18.2 Å². The Morgan fingerprint density at radius 1 is 1.18 bits per heavy atom. The molecule has 0 fully saturated rings. The van der Waals surface area contributed by atoms with Crippen LogP contribution < -0.4 is 9.64 Å². The number of rotatable bonds is 2. The Morgan fingerprint density at radius 2 is 1.95 bits per heavy atom. The molecule has 22 heavy (non-hydrogen) atoms. The molecule has 0 spiro atoms. The average Bonchev–Trinajstić information content (AvgIpc) is 2.73. The number of anilines is 1.